The topological polar surface area (TPSA) is 90.7 Å². The van der Waals surface area contributed by atoms with Crippen LogP contribution in [0.25, 0.3) is 0 Å². The van der Waals surface area contributed by atoms with E-state index in [2.05, 4.69) is 4.72 Å². The summed E-state index contributed by atoms with van der Waals surface area (Å²) in [6, 6.07) is 2.33. The second kappa shape index (κ2) is 8.02. The predicted octanol–water partition coefficient (Wildman–Crippen LogP) is 0.877. The Labute approximate surface area is 128 Å². The SMILES string of the molecule is COCC(CNS(=O)(=O)c1cc(Cl)cc(CN)c1F)OC. The molecule has 1 aromatic rings. The van der Waals surface area contributed by atoms with Gasteiger partial charge in [-0.1, -0.05) is 11.6 Å². The summed E-state index contributed by atoms with van der Waals surface area (Å²) in [5, 5.41) is 0.0948. The van der Waals surface area contributed by atoms with Crippen molar-refractivity contribution < 1.29 is 22.3 Å². The van der Waals surface area contributed by atoms with Crippen LogP contribution in [0.2, 0.25) is 5.02 Å². The highest BCUT2D eigenvalue weighted by Gasteiger charge is 2.23. The number of nitrogens with two attached hydrogens (primary N) is 1. The van der Waals surface area contributed by atoms with Gasteiger partial charge in [-0.15, -0.1) is 0 Å². The molecule has 0 saturated carbocycles. The molecule has 0 bridgehead atoms. The van der Waals surface area contributed by atoms with Crippen molar-refractivity contribution in [3.05, 3.63) is 28.5 Å². The smallest absolute Gasteiger partial charge is 0.243 e. The molecule has 6 nitrogen and oxygen atoms in total. The number of nitrogens with one attached hydrogen (secondary N) is 1. The molecule has 1 atom stereocenters. The first-order valence-electron chi connectivity index (χ1n) is 6.05. The summed E-state index contributed by atoms with van der Waals surface area (Å²) in [5.74, 6) is -0.907. The Balaban J connectivity index is 3.00. The highest BCUT2D eigenvalue weighted by Crippen LogP contribution is 2.23. The number of hydrogen-bond donors (Lipinski definition) is 2. The number of sulfonamides is 1. The molecule has 3 N–H and O–H groups in total. The van der Waals surface area contributed by atoms with Crippen LogP contribution in [0, 0.1) is 5.82 Å². The van der Waals surface area contributed by atoms with Crippen molar-refractivity contribution in [2.24, 2.45) is 5.73 Å². The van der Waals surface area contributed by atoms with E-state index >= 15 is 0 Å². The van der Waals surface area contributed by atoms with Gasteiger partial charge in [-0.05, 0) is 12.1 Å². The zero-order chi connectivity index (χ0) is 16.0. The molecular formula is C12H18ClFN2O4S. The molecule has 0 fully saturated rings. The number of methoxy groups -OCH3 is 2. The van der Waals surface area contributed by atoms with Gasteiger partial charge in [0.15, 0.2) is 0 Å². The summed E-state index contributed by atoms with van der Waals surface area (Å²) in [7, 11) is -1.19. The second-order valence-electron chi connectivity index (χ2n) is 4.25. The molecule has 9 heteroatoms. The van der Waals surface area contributed by atoms with Gasteiger partial charge in [0.2, 0.25) is 10.0 Å². The predicted molar refractivity (Wildman–Crippen MR) is 77.2 cm³/mol. The lowest BCUT2D eigenvalue weighted by Gasteiger charge is -2.16. The Morgan fingerprint density at radius 2 is 2.10 bits per heavy atom. The van der Waals surface area contributed by atoms with E-state index in [-0.39, 0.29) is 30.3 Å². The van der Waals surface area contributed by atoms with Crippen molar-refractivity contribution in [3.63, 3.8) is 0 Å². The fraction of sp³-hybridized carbons (Fsp3) is 0.500. The largest absolute Gasteiger partial charge is 0.382 e. The minimum atomic E-state index is -4.07. The van der Waals surface area contributed by atoms with Crippen LogP contribution in [0.4, 0.5) is 4.39 Å². The van der Waals surface area contributed by atoms with Crippen molar-refractivity contribution in [2.45, 2.75) is 17.5 Å². The summed E-state index contributed by atoms with van der Waals surface area (Å²) in [6.07, 6.45) is -0.485. The van der Waals surface area contributed by atoms with Crippen molar-refractivity contribution in [3.8, 4) is 0 Å². The molecular weight excluding hydrogens is 323 g/mol. The van der Waals surface area contributed by atoms with E-state index < -0.39 is 26.8 Å². The molecule has 0 aromatic heterocycles. The third-order valence-electron chi connectivity index (χ3n) is 2.78. The summed E-state index contributed by atoms with van der Waals surface area (Å²) in [4.78, 5) is -0.539. The van der Waals surface area contributed by atoms with E-state index in [1.807, 2.05) is 0 Å². The highest BCUT2D eigenvalue weighted by atomic mass is 35.5. The van der Waals surface area contributed by atoms with Crippen LogP contribution in [0.15, 0.2) is 17.0 Å². The molecule has 1 unspecified atom stereocenters. The van der Waals surface area contributed by atoms with E-state index in [1.165, 1.54) is 20.3 Å². The summed E-state index contributed by atoms with van der Waals surface area (Å²) < 4.78 is 50.6. The van der Waals surface area contributed by atoms with Gasteiger partial charge in [-0.25, -0.2) is 17.5 Å². The van der Waals surface area contributed by atoms with Crippen molar-refractivity contribution in [2.75, 3.05) is 27.4 Å². The minimum absolute atomic E-state index is 0.0306. The Morgan fingerprint density at radius 3 is 2.62 bits per heavy atom. The van der Waals surface area contributed by atoms with E-state index in [0.717, 1.165) is 6.07 Å². The Hall–Kier alpha value is -0.770. The average molecular weight is 341 g/mol. The highest BCUT2D eigenvalue weighted by molar-refractivity contribution is 7.89. The molecule has 0 aliphatic carbocycles. The quantitative estimate of drug-likeness (QED) is 0.733. The van der Waals surface area contributed by atoms with E-state index in [0.29, 0.717) is 0 Å². The van der Waals surface area contributed by atoms with Gasteiger partial charge in [0.25, 0.3) is 0 Å². The van der Waals surface area contributed by atoms with Crippen LogP contribution in [0.1, 0.15) is 5.56 Å². The van der Waals surface area contributed by atoms with Crippen molar-refractivity contribution >= 4 is 21.6 Å². The van der Waals surface area contributed by atoms with Gasteiger partial charge in [-0.2, -0.15) is 0 Å². The Bertz CT molecular complexity index is 583. The molecule has 21 heavy (non-hydrogen) atoms. The van der Waals surface area contributed by atoms with Gasteiger partial charge in [0.1, 0.15) is 10.7 Å². The molecule has 0 spiro atoms. The first-order valence-corrected chi connectivity index (χ1v) is 7.91. The van der Waals surface area contributed by atoms with Crippen LogP contribution in [0.5, 0.6) is 0 Å². The fourth-order valence-corrected chi connectivity index (χ4v) is 3.15. The molecule has 0 amide bonds. The molecule has 0 heterocycles. The lowest BCUT2D eigenvalue weighted by atomic mass is 10.2. The monoisotopic (exact) mass is 340 g/mol. The zero-order valence-electron chi connectivity index (χ0n) is 11.7. The third-order valence-corrected chi connectivity index (χ3v) is 4.42. The first-order chi connectivity index (χ1) is 9.85. The molecule has 0 aliphatic rings. The first kappa shape index (κ1) is 18.3. The summed E-state index contributed by atoms with van der Waals surface area (Å²) >= 11 is 5.79. The number of ether oxygens (including phenoxy) is 2. The summed E-state index contributed by atoms with van der Waals surface area (Å²) in [5.41, 5.74) is 5.40. The number of hydrogen-bond acceptors (Lipinski definition) is 5. The van der Waals surface area contributed by atoms with Gasteiger partial charge >= 0.3 is 0 Å². The molecule has 0 radical (unpaired) electrons. The van der Waals surface area contributed by atoms with Gasteiger partial charge in [-0.3, -0.25) is 0 Å². The minimum Gasteiger partial charge on any atom is -0.382 e. The third kappa shape index (κ3) is 4.87. The van der Waals surface area contributed by atoms with Gasteiger partial charge in [0.05, 0.1) is 12.7 Å². The molecule has 1 aromatic carbocycles. The van der Waals surface area contributed by atoms with Gasteiger partial charge < -0.3 is 15.2 Å². The number of benzene rings is 1. The molecule has 120 valence electrons. The maximum absolute atomic E-state index is 14.1. The van der Waals surface area contributed by atoms with E-state index in [9.17, 15) is 12.8 Å². The standard InChI is InChI=1S/C12H18ClFN2O4S/c1-19-7-10(20-2)6-16-21(17,18)11-4-9(13)3-8(5-15)12(11)14/h3-4,10,16H,5-7,15H2,1-2H3. The van der Waals surface area contributed by atoms with Crippen LogP contribution < -0.4 is 10.5 Å². The van der Waals surface area contributed by atoms with E-state index in [4.69, 9.17) is 26.8 Å². The maximum Gasteiger partial charge on any atom is 0.243 e. The molecule has 1 rings (SSSR count). The number of rotatable bonds is 8. The van der Waals surface area contributed by atoms with Crippen molar-refractivity contribution in [1.82, 2.24) is 4.72 Å². The summed E-state index contributed by atoms with van der Waals surface area (Å²) in [6.45, 7) is -0.0129. The average Bonchev–Trinajstić information content (AvgIpc) is 2.45. The lowest BCUT2D eigenvalue weighted by Crippen LogP contribution is -2.36. The van der Waals surface area contributed by atoms with E-state index in [1.54, 1.807) is 0 Å². The lowest BCUT2D eigenvalue weighted by molar-refractivity contribution is 0.0320. The van der Waals surface area contributed by atoms with Crippen molar-refractivity contribution in [1.29, 1.82) is 0 Å². The second-order valence-corrected chi connectivity index (χ2v) is 6.42. The van der Waals surface area contributed by atoms with Gasteiger partial charge in [0, 0.05) is 37.9 Å². The maximum atomic E-state index is 14.1. The molecule has 0 aliphatic heterocycles. The Morgan fingerprint density at radius 1 is 1.43 bits per heavy atom. The Kier molecular flexibility index (Phi) is 6.98. The van der Waals surface area contributed by atoms with Crippen LogP contribution in [-0.4, -0.2) is 41.9 Å². The fourth-order valence-electron chi connectivity index (χ4n) is 1.64. The van der Waals surface area contributed by atoms with Crippen LogP contribution >= 0.6 is 11.6 Å². The zero-order valence-corrected chi connectivity index (χ0v) is 13.3. The van der Waals surface area contributed by atoms with Crippen LogP contribution in [-0.2, 0) is 26.0 Å². The normalized spacial score (nSPS) is 13.4. The molecule has 0 saturated heterocycles. The van der Waals surface area contributed by atoms with Crippen LogP contribution in [0.3, 0.4) is 0 Å². The number of halogens is 2.